The highest BCUT2D eigenvalue weighted by molar-refractivity contribution is 9.10. The molecule has 1 unspecified atom stereocenters. The van der Waals surface area contributed by atoms with E-state index in [9.17, 15) is 4.39 Å². The van der Waals surface area contributed by atoms with Gasteiger partial charge >= 0.3 is 0 Å². The van der Waals surface area contributed by atoms with Gasteiger partial charge in [0.1, 0.15) is 11.6 Å². The number of thiazole rings is 1. The second kappa shape index (κ2) is 9.91. The van der Waals surface area contributed by atoms with Crippen molar-refractivity contribution >= 4 is 38.1 Å². The lowest BCUT2D eigenvalue weighted by Crippen LogP contribution is -2.18. The zero-order chi connectivity index (χ0) is 24.5. The molecule has 0 amide bonds. The van der Waals surface area contributed by atoms with Crippen LogP contribution in [0.2, 0.25) is 0 Å². The molecule has 1 aromatic heterocycles. The standard InChI is InChI=1S/C28H25BrFN3OS/c1-17(2)18-4-6-20(7-5-18)26-15-24(19-8-11-22(30)12-9-19)32-33(26)28-31-25(16-35-28)21-10-13-27(34-3)23(29)14-21/h4-14,16-17,26H,15H2,1-3H3. The molecular formula is C28H25BrFN3OS. The Bertz CT molecular complexity index is 1370. The van der Waals surface area contributed by atoms with Gasteiger partial charge in [-0.25, -0.2) is 14.4 Å². The zero-order valence-corrected chi connectivity index (χ0v) is 22.1. The van der Waals surface area contributed by atoms with E-state index >= 15 is 0 Å². The topological polar surface area (TPSA) is 37.7 Å². The molecule has 0 bridgehead atoms. The molecule has 3 aromatic carbocycles. The highest BCUT2D eigenvalue weighted by Gasteiger charge is 2.32. The van der Waals surface area contributed by atoms with Crippen molar-refractivity contribution in [1.82, 2.24) is 4.98 Å². The zero-order valence-electron chi connectivity index (χ0n) is 19.7. The first kappa shape index (κ1) is 23.7. The van der Waals surface area contributed by atoms with Crippen LogP contribution in [0.3, 0.4) is 0 Å². The normalized spacial score (nSPS) is 15.5. The van der Waals surface area contributed by atoms with Crippen LogP contribution in [-0.2, 0) is 0 Å². The molecule has 0 spiro atoms. The summed E-state index contributed by atoms with van der Waals surface area (Å²) < 4.78 is 19.8. The van der Waals surface area contributed by atoms with Crippen LogP contribution in [-0.4, -0.2) is 17.8 Å². The van der Waals surface area contributed by atoms with Gasteiger partial charge in [-0.3, -0.25) is 0 Å². The number of aromatic nitrogens is 1. The van der Waals surface area contributed by atoms with Crippen molar-refractivity contribution in [2.45, 2.75) is 32.2 Å². The van der Waals surface area contributed by atoms with Crippen molar-refractivity contribution in [3.8, 4) is 17.0 Å². The van der Waals surface area contributed by atoms with E-state index in [1.165, 1.54) is 23.3 Å². The first-order chi connectivity index (χ1) is 16.9. The smallest absolute Gasteiger partial charge is 0.207 e. The van der Waals surface area contributed by atoms with Gasteiger partial charge in [0, 0.05) is 17.4 Å². The highest BCUT2D eigenvalue weighted by Crippen LogP contribution is 2.40. The van der Waals surface area contributed by atoms with Gasteiger partial charge in [0.15, 0.2) is 0 Å². The quantitative estimate of drug-likeness (QED) is 0.243. The highest BCUT2D eigenvalue weighted by atomic mass is 79.9. The molecule has 178 valence electrons. The van der Waals surface area contributed by atoms with E-state index < -0.39 is 0 Å². The third-order valence-electron chi connectivity index (χ3n) is 6.21. The number of halogens is 2. The number of rotatable bonds is 6. The summed E-state index contributed by atoms with van der Waals surface area (Å²) in [4.78, 5) is 4.94. The van der Waals surface area contributed by atoms with E-state index in [2.05, 4.69) is 54.0 Å². The minimum atomic E-state index is -0.250. The molecule has 1 atom stereocenters. The summed E-state index contributed by atoms with van der Waals surface area (Å²) in [5.41, 5.74) is 6.21. The number of methoxy groups -OCH3 is 1. The average Bonchev–Trinajstić information content (AvgIpc) is 3.52. The summed E-state index contributed by atoms with van der Waals surface area (Å²) in [5, 5.41) is 9.85. The Kier molecular flexibility index (Phi) is 6.71. The van der Waals surface area contributed by atoms with Crippen LogP contribution < -0.4 is 9.75 Å². The van der Waals surface area contributed by atoms with E-state index in [-0.39, 0.29) is 11.9 Å². The Morgan fingerprint density at radius 3 is 2.40 bits per heavy atom. The summed E-state index contributed by atoms with van der Waals surface area (Å²) in [6.45, 7) is 4.39. The predicted octanol–water partition coefficient (Wildman–Crippen LogP) is 8.20. The maximum absolute atomic E-state index is 13.5. The van der Waals surface area contributed by atoms with Gasteiger partial charge in [0.05, 0.1) is 29.0 Å². The van der Waals surface area contributed by atoms with Crippen LogP contribution in [0.5, 0.6) is 5.75 Å². The predicted molar refractivity (Wildman–Crippen MR) is 145 cm³/mol. The molecule has 0 saturated heterocycles. The Morgan fingerprint density at radius 1 is 1.03 bits per heavy atom. The Morgan fingerprint density at radius 2 is 1.74 bits per heavy atom. The Hall–Kier alpha value is -3.03. The maximum Gasteiger partial charge on any atom is 0.207 e. The van der Waals surface area contributed by atoms with Crippen molar-refractivity contribution in [2.75, 3.05) is 12.1 Å². The lowest BCUT2D eigenvalue weighted by molar-refractivity contribution is 0.412. The fourth-order valence-electron chi connectivity index (χ4n) is 4.19. The molecule has 35 heavy (non-hydrogen) atoms. The van der Waals surface area contributed by atoms with Gasteiger partial charge in [-0.05, 0) is 68.9 Å². The molecule has 7 heteroatoms. The number of hydrogen-bond acceptors (Lipinski definition) is 5. The van der Waals surface area contributed by atoms with Crippen LogP contribution in [0.1, 0.15) is 48.9 Å². The molecule has 1 aliphatic heterocycles. The summed E-state index contributed by atoms with van der Waals surface area (Å²) in [5.74, 6) is 1.00. The number of hydrogen-bond donors (Lipinski definition) is 0. The number of ether oxygens (including phenoxy) is 1. The minimum Gasteiger partial charge on any atom is -0.496 e. The molecule has 0 saturated carbocycles. The van der Waals surface area contributed by atoms with Crippen LogP contribution >= 0.6 is 27.3 Å². The van der Waals surface area contributed by atoms with Crippen molar-refractivity contribution in [3.05, 3.63) is 99.1 Å². The van der Waals surface area contributed by atoms with Crippen molar-refractivity contribution in [1.29, 1.82) is 0 Å². The van der Waals surface area contributed by atoms with E-state index in [0.29, 0.717) is 5.92 Å². The van der Waals surface area contributed by atoms with Crippen LogP contribution in [0.15, 0.2) is 81.7 Å². The fraction of sp³-hybridized carbons (Fsp3) is 0.214. The van der Waals surface area contributed by atoms with E-state index in [0.717, 1.165) is 44.3 Å². The molecule has 0 radical (unpaired) electrons. The second-order valence-corrected chi connectivity index (χ2v) is 10.5. The molecule has 1 aliphatic rings. The number of nitrogens with zero attached hydrogens (tertiary/aromatic N) is 3. The van der Waals surface area contributed by atoms with E-state index in [4.69, 9.17) is 14.8 Å². The van der Waals surface area contributed by atoms with Crippen LogP contribution in [0.4, 0.5) is 9.52 Å². The lowest BCUT2D eigenvalue weighted by atomic mass is 9.95. The first-order valence-corrected chi connectivity index (χ1v) is 13.1. The Labute approximate surface area is 217 Å². The van der Waals surface area contributed by atoms with Crippen molar-refractivity contribution < 1.29 is 9.13 Å². The fourth-order valence-corrected chi connectivity index (χ4v) is 5.57. The Balaban J connectivity index is 1.51. The van der Waals surface area contributed by atoms with Crippen LogP contribution in [0, 0.1) is 5.82 Å². The summed E-state index contributed by atoms with van der Waals surface area (Å²) in [6, 6.07) is 21.3. The first-order valence-electron chi connectivity index (χ1n) is 11.4. The molecule has 4 aromatic rings. The van der Waals surface area contributed by atoms with Gasteiger partial charge in [-0.1, -0.05) is 50.2 Å². The van der Waals surface area contributed by atoms with Gasteiger partial charge < -0.3 is 4.74 Å². The monoisotopic (exact) mass is 549 g/mol. The number of benzene rings is 3. The second-order valence-electron chi connectivity index (χ2n) is 8.80. The molecule has 0 aliphatic carbocycles. The minimum absolute atomic E-state index is 0.0119. The van der Waals surface area contributed by atoms with Crippen molar-refractivity contribution in [2.24, 2.45) is 5.10 Å². The molecule has 2 heterocycles. The SMILES string of the molecule is COc1ccc(-c2csc(N3N=C(c4ccc(F)cc4)CC3c3ccc(C(C)C)cc3)n2)cc1Br. The maximum atomic E-state index is 13.5. The van der Waals surface area contributed by atoms with Crippen LogP contribution in [0.25, 0.3) is 11.3 Å². The average molecular weight is 550 g/mol. The summed E-state index contributed by atoms with van der Waals surface area (Å²) in [6.07, 6.45) is 0.718. The third kappa shape index (κ3) is 4.88. The van der Waals surface area contributed by atoms with Crippen molar-refractivity contribution in [3.63, 3.8) is 0 Å². The molecule has 4 nitrogen and oxygen atoms in total. The molecule has 0 N–H and O–H groups in total. The van der Waals surface area contributed by atoms with Gasteiger partial charge in [0.25, 0.3) is 0 Å². The molecular weight excluding hydrogens is 525 g/mol. The van der Waals surface area contributed by atoms with Gasteiger partial charge in [0.2, 0.25) is 5.13 Å². The lowest BCUT2D eigenvalue weighted by Gasteiger charge is -2.21. The van der Waals surface area contributed by atoms with E-state index in [1.54, 1.807) is 30.6 Å². The largest absolute Gasteiger partial charge is 0.496 e. The summed E-state index contributed by atoms with van der Waals surface area (Å²) >= 11 is 5.13. The molecule has 5 rings (SSSR count). The van der Waals surface area contributed by atoms with Gasteiger partial charge in [-0.2, -0.15) is 5.10 Å². The molecule has 0 fully saturated rings. The van der Waals surface area contributed by atoms with Gasteiger partial charge in [-0.15, -0.1) is 11.3 Å². The number of anilines is 1. The summed E-state index contributed by atoms with van der Waals surface area (Å²) in [7, 11) is 1.65. The third-order valence-corrected chi connectivity index (χ3v) is 7.66. The number of hydrazone groups is 1. The van der Waals surface area contributed by atoms with E-state index in [1.807, 2.05) is 28.6 Å².